The van der Waals surface area contributed by atoms with Crippen molar-refractivity contribution in [2.45, 2.75) is 13.2 Å². The Kier molecular flexibility index (Phi) is 5.78. The third kappa shape index (κ3) is 4.19. The van der Waals surface area contributed by atoms with E-state index in [2.05, 4.69) is 41.7 Å². The zero-order valence-corrected chi connectivity index (χ0v) is 18.0. The Bertz CT molecular complexity index is 1220. The number of ether oxygens (including phenoxy) is 2. The first-order chi connectivity index (χ1) is 14.6. The van der Waals surface area contributed by atoms with E-state index in [4.69, 9.17) is 21.7 Å². The third-order valence-corrected chi connectivity index (χ3v) is 5.38. The van der Waals surface area contributed by atoms with Crippen molar-refractivity contribution in [3.05, 3.63) is 71.0 Å². The van der Waals surface area contributed by atoms with Crippen LogP contribution < -0.4 is 14.4 Å². The van der Waals surface area contributed by atoms with E-state index >= 15 is 0 Å². The summed E-state index contributed by atoms with van der Waals surface area (Å²) in [6.45, 7) is 1.47. The van der Waals surface area contributed by atoms with Gasteiger partial charge >= 0.3 is 0 Å². The molecule has 4 rings (SSSR count). The van der Waals surface area contributed by atoms with Gasteiger partial charge in [-0.25, -0.2) is 0 Å². The molecule has 8 heteroatoms. The van der Waals surface area contributed by atoms with Gasteiger partial charge < -0.3 is 14.4 Å². The lowest BCUT2D eigenvalue weighted by molar-refractivity contribution is -0.917. The standard InChI is InChI=1S/C22H23N5O2S/c1-25(14-16-4-5-18-13-21(29-3)9-6-17(18)12-16)15-26-22(30)27(24-23-26)19-7-10-20(28-2)11-8-19/h4-13H,14-15H2,1-3H3/p+1. The Balaban J connectivity index is 1.47. The quantitative estimate of drug-likeness (QED) is 0.464. The van der Waals surface area contributed by atoms with Gasteiger partial charge in [-0.05, 0) is 75.9 Å². The summed E-state index contributed by atoms with van der Waals surface area (Å²) < 4.78 is 14.5. The average molecular weight is 423 g/mol. The molecule has 154 valence electrons. The number of benzene rings is 3. The van der Waals surface area contributed by atoms with Gasteiger partial charge in [0.05, 0.1) is 27.0 Å². The average Bonchev–Trinajstić information content (AvgIpc) is 3.13. The Labute approximate surface area is 180 Å². The van der Waals surface area contributed by atoms with Crippen LogP contribution in [0.1, 0.15) is 5.56 Å². The number of nitrogens with zero attached hydrogens (tertiary/aromatic N) is 4. The highest BCUT2D eigenvalue weighted by Gasteiger charge is 2.11. The first-order valence-electron chi connectivity index (χ1n) is 9.62. The largest absolute Gasteiger partial charge is 0.497 e. The highest BCUT2D eigenvalue weighted by Crippen LogP contribution is 2.21. The number of nitrogens with one attached hydrogen (secondary N) is 1. The van der Waals surface area contributed by atoms with Crippen molar-refractivity contribution >= 4 is 23.0 Å². The van der Waals surface area contributed by atoms with Crippen molar-refractivity contribution in [2.75, 3.05) is 21.3 Å². The molecule has 0 radical (unpaired) electrons. The van der Waals surface area contributed by atoms with Gasteiger partial charge in [0.1, 0.15) is 18.0 Å². The molecule has 30 heavy (non-hydrogen) atoms. The monoisotopic (exact) mass is 422 g/mol. The molecule has 0 aliphatic rings. The summed E-state index contributed by atoms with van der Waals surface area (Å²) in [6, 6.07) is 20.2. The molecular formula is C22H24N5O2S+. The SMILES string of the molecule is COc1ccc(-n2nnn(C[NH+](C)Cc3ccc4cc(OC)ccc4c3)c2=S)cc1. The normalized spacial score (nSPS) is 12.1. The van der Waals surface area contributed by atoms with Crippen molar-refractivity contribution < 1.29 is 14.4 Å². The lowest BCUT2D eigenvalue weighted by Gasteiger charge is -2.14. The molecule has 0 amide bonds. The Hall–Kier alpha value is -3.23. The molecule has 0 aliphatic heterocycles. The fourth-order valence-electron chi connectivity index (χ4n) is 3.43. The van der Waals surface area contributed by atoms with Crippen LogP contribution in [0.5, 0.6) is 11.5 Å². The van der Waals surface area contributed by atoms with Crippen LogP contribution in [0.25, 0.3) is 16.5 Å². The Morgan fingerprint density at radius 1 is 0.867 bits per heavy atom. The minimum absolute atomic E-state index is 0.560. The van der Waals surface area contributed by atoms with E-state index < -0.39 is 0 Å². The van der Waals surface area contributed by atoms with Gasteiger partial charge in [-0.2, -0.15) is 9.36 Å². The van der Waals surface area contributed by atoms with Crippen LogP contribution in [0.3, 0.4) is 0 Å². The minimum Gasteiger partial charge on any atom is -0.497 e. The van der Waals surface area contributed by atoms with E-state index in [0.29, 0.717) is 11.4 Å². The van der Waals surface area contributed by atoms with Gasteiger partial charge in [-0.15, -0.1) is 0 Å². The number of tetrazole rings is 1. The van der Waals surface area contributed by atoms with Crippen molar-refractivity contribution in [3.8, 4) is 17.2 Å². The maximum absolute atomic E-state index is 5.58. The fraction of sp³-hybridized carbons (Fsp3) is 0.227. The van der Waals surface area contributed by atoms with Gasteiger partial charge in [-0.3, -0.25) is 0 Å². The van der Waals surface area contributed by atoms with E-state index in [1.54, 1.807) is 23.6 Å². The molecule has 0 saturated heterocycles. The maximum Gasteiger partial charge on any atom is 0.225 e. The second kappa shape index (κ2) is 8.64. The first-order valence-corrected chi connectivity index (χ1v) is 10.0. The second-order valence-corrected chi connectivity index (χ2v) is 7.58. The molecule has 1 unspecified atom stereocenters. The summed E-state index contributed by atoms with van der Waals surface area (Å²) in [5.41, 5.74) is 2.11. The predicted octanol–water partition coefficient (Wildman–Crippen LogP) is 2.64. The van der Waals surface area contributed by atoms with Gasteiger partial charge in [0.15, 0.2) is 6.67 Å². The van der Waals surface area contributed by atoms with Gasteiger partial charge in [-0.1, -0.05) is 18.2 Å². The van der Waals surface area contributed by atoms with Crippen LogP contribution in [-0.2, 0) is 13.2 Å². The van der Waals surface area contributed by atoms with Crippen LogP contribution in [0.4, 0.5) is 0 Å². The molecule has 1 heterocycles. The van der Waals surface area contributed by atoms with Crippen LogP contribution in [0.2, 0.25) is 0 Å². The maximum atomic E-state index is 5.58. The Morgan fingerprint density at radius 2 is 1.53 bits per heavy atom. The zero-order chi connectivity index (χ0) is 21.1. The van der Waals surface area contributed by atoms with E-state index in [9.17, 15) is 0 Å². The highest BCUT2D eigenvalue weighted by atomic mass is 32.1. The van der Waals surface area contributed by atoms with E-state index in [-0.39, 0.29) is 0 Å². The number of quaternary nitrogens is 1. The van der Waals surface area contributed by atoms with Crippen molar-refractivity contribution in [1.29, 1.82) is 0 Å². The summed E-state index contributed by atoms with van der Waals surface area (Å²) in [7, 11) is 5.44. The number of fused-ring (bicyclic) bond motifs is 1. The van der Waals surface area contributed by atoms with Crippen LogP contribution in [0, 0.1) is 4.77 Å². The predicted molar refractivity (Wildman–Crippen MR) is 118 cm³/mol. The molecule has 1 aromatic heterocycles. The molecule has 0 aliphatic carbocycles. The lowest BCUT2D eigenvalue weighted by atomic mass is 10.1. The number of rotatable bonds is 7. The molecule has 0 saturated carbocycles. The number of hydrogen-bond donors (Lipinski definition) is 1. The zero-order valence-electron chi connectivity index (χ0n) is 17.2. The second-order valence-electron chi connectivity index (χ2n) is 7.21. The minimum atomic E-state index is 0.560. The van der Waals surface area contributed by atoms with Crippen LogP contribution >= 0.6 is 12.2 Å². The molecule has 0 bridgehead atoms. The molecule has 1 N–H and O–H groups in total. The molecular weight excluding hydrogens is 398 g/mol. The summed E-state index contributed by atoms with van der Waals surface area (Å²) in [6.07, 6.45) is 0. The highest BCUT2D eigenvalue weighted by molar-refractivity contribution is 7.71. The number of aromatic nitrogens is 4. The smallest absolute Gasteiger partial charge is 0.225 e. The van der Waals surface area contributed by atoms with Gasteiger partial charge in [0.2, 0.25) is 4.77 Å². The van der Waals surface area contributed by atoms with Gasteiger partial charge in [0, 0.05) is 5.56 Å². The summed E-state index contributed by atoms with van der Waals surface area (Å²) in [4.78, 5) is 1.25. The fourth-order valence-corrected chi connectivity index (χ4v) is 3.67. The van der Waals surface area contributed by atoms with E-state index in [1.807, 2.05) is 36.4 Å². The number of methoxy groups -OCH3 is 2. The summed E-state index contributed by atoms with van der Waals surface area (Å²) in [5.74, 6) is 1.66. The molecule has 0 spiro atoms. The molecule has 7 nitrogen and oxygen atoms in total. The van der Waals surface area contributed by atoms with Crippen molar-refractivity contribution in [1.82, 2.24) is 19.8 Å². The first kappa shape index (κ1) is 20.1. The van der Waals surface area contributed by atoms with E-state index in [0.717, 1.165) is 23.7 Å². The van der Waals surface area contributed by atoms with Crippen LogP contribution in [-0.4, -0.2) is 41.1 Å². The molecule has 3 aromatic carbocycles. The molecule has 1 atom stereocenters. The summed E-state index contributed by atoms with van der Waals surface area (Å²) >= 11 is 5.58. The van der Waals surface area contributed by atoms with E-state index in [1.165, 1.54) is 21.2 Å². The molecule has 4 aromatic rings. The summed E-state index contributed by atoms with van der Waals surface area (Å²) in [5, 5.41) is 10.8. The Morgan fingerprint density at radius 3 is 2.27 bits per heavy atom. The van der Waals surface area contributed by atoms with Gasteiger partial charge in [0.25, 0.3) is 0 Å². The number of hydrogen-bond acceptors (Lipinski definition) is 5. The van der Waals surface area contributed by atoms with Crippen molar-refractivity contribution in [2.24, 2.45) is 0 Å². The third-order valence-electron chi connectivity index (χ3n) is 4.99. The van der Waals surface area contributed by atoms with Crippen LogP contribution in [0.15, 0.2) is 60.7 Å². The topological polar surface area (TPSA) is 58.5 Å². The van der Waals surface area contributed by atoms with Crippen molar-refractivity contribution in [3.63, 3.8) is 0 Å². The molecule has 0 fully saturated rings. The lowest BCUT2D eigenvalue weighted by Crippen LogP contribution is -3.07.